The number of para-hydroxylation sites is 1. The van der Waals surface area contributed by atoms with Crippen LogP contribution in [-0.2, 0) is 9.59 Å². The molecule has 1 atom stereocenters. The lowest BCUT2D eigenvalue weighted by molar-refractivity contribution is -0.139. The second-order valence-corrected chi connectivity index (χ2v) is 7.66. The normalized spacial score (nSPS) is 18.1. The number of aliphatic hydroxyl groups is 1. The van der Waals surface area contributed by atoms with Crippen molar-refractivity contribution in [2.45, 2.75) is 45.6 Å². The van der Waals surface area contributed by atoms with Crippen LogP contribution in [0.4, 0.5) is 0 Å². The third-order valence-corrected chi connectivity index (χ3v) is 5.55. The van der Waals surface area contributed by atoms with E-state index in [0.717, 1.165) is 31.2 Å². The molecule has 0 saturated carbocycles. The lowest BCUT2D eigenvalue weighted by Crippen LogP contribution is -2.30. The predicted molar refractivity (Wildman–Crippen MR) is 117 cm³/mol. The zero-order valence-electron chi connectivity index (χ0n) is 17.9. The number of hydrogen-bond acceptors (Lipinski definition) is 4. The fourth-order valence-electron chi connectivity index (χ4n) is 3.90. The third-order valence-electron chi connectivity index (χ3n) is 5.55. The minimum atomic E-state index is -0.677. The summed E-state index contributed by atoms with van der Waals surface area (Å²) in [5.41, 5.74) is 2.38. The summed E-state index contributed by atoms with van der Waals surface area (Å²) in [5, 5.41) is 11.1. The molecule has 5 heteroatoms. The number of aliphatic hydroxyl groups excluding tert-OH is 1. The van der Waals surface area contributed by atoms with Gasteiger partial charge in [0.15, 0.2) is 0 Å². The monoisotopic (exact) mass is 407 g/mol. The number of amides is 1. The van der Waals surface area contributed by atoms with Crippen LogP contribution in [0.15, 0.2) is 54.1 Å². The van der Waals surface area contributed by atoms with Crippen molar-refractivity contribution >= 4 is 17.4 Å². The van der Waals surface area contributed by atoms with E-state index >= 15 is 0 Å². The van der Waals surface area contributed by atoms with Crippen molar-refractivity contribution in [1.82, 2.24) is 4.90 Å². The van der Waals surface area contributed by atoms with E-state index in [2.05, 4.69) is 6.92 Å². The standard InChI is InChI=1S/C25H29NO4/c1-4-5-6-9-16-26-22(19-10-7-8-11-20(19)30-3)21(24(28)25(26)29)23(27)18-14-12-17(2)13-15-18/h7-8,10-15,22,27H,4-6,9,16H2,1-3H3/b23-21-. The molecule has 0 aliphatic carbocycles. The Morgan fingerprint density at radius 2 is 1.73 bits per heavy atom. The first-order valence-corrected chi connectivity index (χ1v) is 10.5. The molecule has 2 aromatic rings. The van der Waals surface area contributed by atoms with E-state index in [0.29, 0.717) is 23.4 Å². The first-order chi connectivity index (χ1) is 14.5. The number of rotatable bonds is 8. The van der Waals surface area contributed by atoms with Gasteiger partial charge in [0.05, 0.1) is 18.7 Å². The summed E-state index contributed by atoms with van der Waals surface area (Å²) in [6.45, 7) is 4.54. The van der Waals surface area contributed by atoms with Crippen LogP contribution in [0.5, 0.6) is 5.75 Å². The molecule has 1 heterocycles. The van der Waals surface area contributed by atoms with Gasteiger partial charge in [-0.25, -0.2) is 0 Å². The van der Waals surface area contributed by atoms with Crippen LogP contribution in [0.3, 0.4) is 0 Å². The van der Waals surface area contributed by atoms with Gasteiger partial charge in [0.25, 0.3) is 11.7 Å². The van der Waals surface area contributed by atoms with E-state index in [1.165, 1.54) is 0 Å². The zero-order chi connectivity index (χ0) is 21.7. The molecule has 1 N–H and O–H groups in total. The fourth-order valence-corrected chi connectivity index (χ4v) is 3.90. The molecule has 0 radical (unpaired) electrons. The number of carbonyl (C=O) groups is 2. The highest BCUT2D eigenvalue weighted by atomic mass is 16.5. The van der Waals surface area contributed by atoms with Gasteiger partial charge in [-0.3, -0.25) is 9.59 Å². The maximum Gasteiger partial charge on any atom is 0.295 e. The number of methoxy groups -OCH3 is 1. The summed E-state index contributed by atoms with van der Waals surface area (Å²) in [4.78, 5) is 27.5. The molecule has 1 unspecified atom stereocenters. The molecule has 0 aromatic heterocycles. The van der Waals surface area contributed by atoms with Gasteiger partial charge < -0.3 is 14.7 Å². The summed E-state index contributed by atoms with van der Waals surface area (Å²) in [7, 11) is 1.56. The summed E-state index contributed by atoms with van der Waals surface area (Å²) in [6, 6.07) is 13.9. The van der Waals surface area contributed by atoms with Crippen LogP contribution < -0.4 is 4.74 Å². The van der Waals surface area contributed by atoms with Gasteiger partial charge in [-0.05, 0) is 19.4 Å². The predicted octanol–water partition coefficient (Wildman–Crippen LogP) is 5.01. The second kappa shape index (κ2) is 9.61. The summed E-state index contributed by atoms with van der Waals surface area (Å²) >= 11 is 0. The molecule has 30 heavy (non-hydrogen) atoms. The lowest BCUT2D eigenvalue weighted by atomic mass is 9.94. The average molecular weight is 408 g/mol. The molecule has 5 nitrogen and oxygen atoms in total. The number of hydrogen-bond donors (Lipinski definition) is 1. The van der Waals surface area contributed by atoms with Gasteiger partial charge in [0.1, 0.15) is 11.5 Å². The Bertz CT molecular complexity index is 946. The van der Waals surface area contributed by atoms with Crippen LogP contribution in [-0.4, -0.2) is 35.4 Å². The molecule has 1 aliphatic rings. The van der Waals surface area contributed by atoms with Gasteiger partial charge >= 0.3 is 0 Å². The van der Waals surface area contributed by atoms with Gasteiger partial charge in [-0.1, -0.05) is 74.2 Å². The van der Waals surface area contributed by atoms with Crippen LogP contribution in [0.25, 0.3) is 5.76 Å². The molecule has 1 saturated heterocycles. The number of carbonyl (C=O) groups excluding carboxylic acids is 2. The quantitative estimate of drug-likeness (QED) is 0.289. The van der Waals surface area contributed by atoms with E-state index in [4.69, 9.17) is 4.74 Å². The molecular formula is C25H29NO4. The van der Waals surface area contributed by atoms with Crippen LogP contribution in [0.1, 0.15) is 55.3 Å². The largest absolute Gasteiger partial charge is 0.507 e. The summed E-state index contributed by atoms with van der Waals surface area (Å²) in [6.07, 6.45) is 3.95. The van der Waals surface area contributed by atoms with E-state index in [1.807, 2.05) is 37.3 Å². The van der Waals surface area contributed by atoms with Crippen molar-refractivity contribution in [3.05, 3.63) is 70.8 Å². The van der Waals surface area contributed by atoms with Crippen molar-refractivity contribution in [2.75, 3.05) is 13.7 Å². The molecule has 0 spiro atoms. The Balaban J connectivity index is 2.11. The van der Waals surface area contributed by atoms with Gasteiger partial charge in [0, 0.05) is 17.7 Å². The molecule has 1 amide bonds. The lowest BCUT2D eigenvalue weighted by Gasteiger charge is -2.26. The maximum absolute atomic E-state index is 13.0. The molecule has 158 valence electrons. The Hall–Kier alpha value is -3.08. The van der Waals surface area contributed by atoms with Crippen molar-refractivity contribution < 1.29 is 19.4 Å². The number of likely N-dealkylation sites (tertiary alicyclic amines) is 1. The minimum absolute atomic E-state index is 0.115. The zero-order valence-corrected chi connectivity index (χ0v) is 17.9. The Kier molecular flexibility index (Phi) is 6.93. The summed E-state index contributed by atoms with van der Waals surface area (Å²) < 4.78 is 5.52. The highest BCUT2D eigenvalue weighted by Gasteiger charge is 2.46. The summed E-state index contributed by atoms with van der Waals surface area (Å²) in [5.74, 6) is -0.798. The van der Waals surface area contributed by atoms with Gasteiger partial charge in [-0.15, -0.1) is 0 Å². The Labute approximate surface area is 178 Å². The number of nitrogens with zero attached hydrogens (tertiary/aromatic N) is 1. The van der Waals surface area contributed by atoms with Crippen LogP contribution in [0.2, 0.25) is 0 Å². The first kappa shape index (κ1) is 21.6. The minimum Gasteiger partial charge on any atom is -0.507 e. The molecule has 0 bridgehead atoms. The molecule has 2 aromatic carbocycles. The smallest absolute Gasteiger partial charge is 0.295 e. The number of ketones is 1. The third kappa shape index (κ3) is 4.25. The number of Topliss-reactive ketones (excluding diaryl/α,β-unsaturated/α-hetero) is 1. The number of benzene rings is 2. The number of unbranched alkanes of at least 4 members (excludes halogenated alkanes) is 3. The van der Waals surface area contributed by atoms with E-state index in [9.17, 15) is 14.7 Å². The second-order valence-electron chi connectivity index (χ2n) is 7.66. The number of aryl methyl sites for hydroxylation is 1. The van der Waals surface area contributed by atoms with Gasteiger partial charge in [-0.2, -0.15) is 0 Å². The van der Waals surface area contributed by atoms with E-state index in [1.54, 1.807) is 30.2 Å². The van der Waals surface area contributed by atoms with Crippen molar-refractivity contribution in [3.63, 3.8) is 0 Å². The SMILES string of the molecule is CCCCCCN1C(=O)C(=O)/C(=C(\O)c2ccc(C)cc2)C1c1ccccc1OC. The van der Waals surface area contributed by atoms with Crippen LogP contribution in [0, 0.1) is 6.92 Å². The van der Waals surface area contributed by atoms with Crippen LogP contribution >= 0.6 is 0 Å². The Morgan fingerprint density at radius 1 is 1.03 bits per heavy atom. The highest BCUT2D eigenvalue weighted by Crippen LogP contribution is 2.42. The fraction of sp³-hybridized carbons (Fsp3) is 0.360. The first-order valence-electron chi connectivity index (χ1n) is 10.5. The van der Waals surface area contributed by atoms with Crippen molar-refractivity contribution in [2.24, 2.45) is 0 Å². The van der Waals surface area contributed by atoms with Gasteiger partial charge in [0.2, 0.25) is 0 Å². The van der Waals surface area contributed by atoms with E-state index in [-0.39, 0.29) is 11.3 Å². The van der Waals surface area contributed by atoms with Crippen molar-refractivity contribution in [3.8, 4) is 5.75 Å². The molecule has 1 aliphatic heterocycles. The topological polar surface area (TPSA) is 66.8 Å². The Morgan fingerprint density at radius 3 is 2.40 bits per heavy atom. The molecule has 1 fully saturated rings. The molecule has 3 rings (SSSR count). The van der Waals surface area contributed by atoms with E-state index < -0.39 is 17.7 Å². The highest BCUT2D eigenvalue weighted by molar-refractivity contribution is 6.46. The maximum atomic E-state index is 13.0. The molecular weight excluding hydrogens is 378 g/mol. The van der Waals surface area contributed by atoms with Crippen molar-refractivity contribution in [1.29, 1.82) is 0 Å². The number of ether oxygens (including phenoxy) is 1. The average Bonchev–Trinajstić information content (AvgIpc) is 3.01.